The van der Waals surface area contributed by atoms with Crippen molar-refractivity contribution in [1.82, 2.24) is 10.1 Å². The van der Waals surface area contributed by atoms with Crippen LogP contribution in [-0.4, -0.2) is 27.3 Å². The number of amides is 1. The molecule has 1 aliphatic heterocycles. The molecular formula is C24H22BrN3O5S. The summed E-state index contributed by atoms with van der Waals surface area (Å²) in [6.45, 7) is 2.03. The Morgan fingerprint density at radius 3 is 2.47 bits per heavy atom. The monoisotopic (exact) mass is 543 g/mol. The summed E-state index contributed by atoms with van der Waals surface area (Å²) in [5.41, 5.74) is 4.76. The number of ether oxygens (including phenoxy) is 2. The summed E-state index contributed by atoms with van der Waals surface area (Å²) in [7, 11) is -3.85. The number of hydrogen-bond acceptors (Lipinski definition) is 6. The van der Waals surface area contributed by atoms with E-state index in [4.69, 9.17) is 9.47 Å². The molecule has 3 aromatic carbocycles. The number of carbonyl (C=O) groups excluding carboxylic acids is 1. The molecule has 2 N–H and O–H groups in total. The van der Waals surface area contributed by atoms with Crippen LogP contribution in [-0.2, 0) is 14.8 Å². The summed E-state index contributed by atoms with van der Waals surface area (Å²) in [6, 6.07) is 18.2. The topological polar surface area (TPSA) is 106 Å². The van der Waals surface area contributed by atoms with Crippen LogP contribution in [0.2, 0.25) is 0 Å². The number of sulfonamides is 1. The smallest absolute Gasteiger partial charge is 0.242 e. The normalized spacial score (nSPS) is 13.7. The molecule has 0 saturated carbocycles. The standard InChI is InChI=1S/C24H22BrN3O5S/c1-16-7-9-19(10-8-16)34(30,31)28-21(17-5-3-2-4-6-17)13-24(29)27-26-14-18-11-22-23(12-20(18)25)33-15-32-22/h2-12,14,21,28H,13,15H2,1H3,(H,27,29)/b26-14-/t21-/m1/s1. The van der Waals surface area contributed by atoms with E-state index in [-0.39, 0.29) is 18.1 Å². The minimum absolute atomic E-state index is 0.130. The number of hydrogen-bond donors (Lipinski definition) is 2. The predicted octanol–water partition coefficient (Wildman–Crippen LogP) is 4.05. The van der Waals surface area contributed by atoms with Crippen molar-refractivity contribution >= 4 is 38.1 Å². The van der Waals surface area contributed by atoms with Crippen LogP contribution in [0, 0.1) is 6.92 Å². The second kappa shape index (κ2) is 10.4. The number of aryl methyl sites for hydroxylation is 1. The van der Waals surface area contributed by atoms with Gasteiger partial charge in [-0.25, -0.2) is 18.6 Å². The van der Waals surface area contributed by atoms with Crippen LogP contribution in [0.3, 0.4) is 0 Å². The van der Waals surface area contributed by atoms with Gasteiger partial charge in [-0.2, -0.15) is 5.10 Å². The van der Waals surface area contributed by atoms with Crippen molar-refractivity contribution in [1.29, 1.82) is 0 Å². The van der Waals surface area contributed by atoms with Crippen LogP contribution in [0.15, 0.2) is 81.2 Å². The van der Waals surface area contributed by atoms with Gasteiger partial charge in [-0.3, -0.25) is 4.79 Å². The average molecular weight is 544 g/mol. The number of hydrazone groups is 1. The van der Waals surface area contributed by atoms with Crippen molar-refractivity contribution in [2.24, 2.45) is 5.10 Å². The maximum Gasteiger partial charge on any atom is 0.242 e. The lowest BCUT2D eigenvalue weighted by Crippen LogP contribution is -2.32. The van der Waals surface area contributed by atoms with Crippen LogP contribution in [0.25, 0.3) is 0 Å². The van der Waals surface area contributed by atoms with E-state index in [1.54, 1.807) is 48.5 Å². The van der Waals surface area contributed by atoms with E-state index < -0.39 is 22.0 Å². The fourth-order valence-electron chi connectivity index (χ4n) is 3.32. The van der Waals surface area contributed by atoms with Gasteiger partial charge < -0.3 is 9.47 Å². The van der Waals surface area contributed by atoms with Crippen molar-refractivity contribution in [3.63, 3.8) is 0 Å². The van der Waals surface area contributed by atoms with Crippen LogP contribution < -0.4 is 19.6 Å². The van der Waals surface area contributed by atoms with Gasteiger partial charge in [0.25, 0.3) is 0 Å². The number of benzene rings is 3. The second-order valence-corrected chi connectivity index (χ2v) is 10.2. The molecule has 1 amide bonds. The SMILES string of the molecule is Cc1ccc(S(=O)(=O)N[C@H](CC(=O)N/N=C\c2cc3c(cc2Br)OCO3)c2ccccc2)cc1. The van der Waals surface area contributed by atoms with Crippen LogP contribution in [0.1, 0.15) is 29.2 Å². The lowest BCUT2D eigenvalue weighted by Gasteiger charge is -2.18. The quantitative estimate of drug-likeness (QED) is 0.329. The number of carbonyl (C=O) groups is 1. The highest BCUT2D eigenvalue weighted by Gasteiger charge is 2.24. The first-order chi connectivity index (χ1) is 16.3. The predicted molar refractivity (Wildman–Crippen MR) is 131 cm³/mol. The Hall–Kier alpha value is -3.21. The summed E-state index contributed by atoms with van der Waals surface area (Å²) in [4.78, 5) is 12.8. The number of halogens is 1. The van der Waals surface area contributed by atoms with Gasteiger partial charge in [-0.15, -0.1) is 0 Å². The van der Waals surface area contributed by atoms with Crippen molar-refractivity contribution < 1.29 is 22.7 Å². The summed E-state index contributed by atoms with van der Waals surface area (Å²) < 4.78 is 39.9. The van der Waals surface area contributed by atoms with E-state index in [0.29, 0.717) is 22.6 Å². The Kier molecular flexibility index (Phi) is 7.30. The van der Waals surface area contributed by atoms with Gasteiger partial charge in [0, 0.05) is 16.5 Å². The number of nitrogens with zero attached hydrogens (tertiary/aromatic N) is 1. The highest BCUT2D eigenvalue weighted by atomic mass is 79.9. The fourth-order valence-corrected chi connectivity index (χ4v) is 4.97. The molecule has 0 radical (unpaired) electrons. The Balaban J connectivity index is 1.47. The van der Waals surface area contributed by atoms with Crippen molar-refractivity contribution in [2.75, 3.05) is 6.79 Å². The Bertz CT molecular complexity index is 1310. The fraction of sp³-hybridized carbons (Fsp3) is 0.167. The minimum atomic E-state index is -3.85. The molecule has 8 nitrogen and oxygen atoms in total. The summed E-state index contributed by atoms with van der Waals surface area (Å²) in [5, 5.41) is 4.01. The molecule has 4 rings (SSSR count). The van der Waals surface area contributed by atoms with E-state index >= 15 is 0 Å². The van der Waals surface area contributed by atoms with Gasteiger partial charge in [-0.1, -0.05) is 48.0 Å². The largest absolute Gasteiger partial charge is 0.454 e. The van der Waals surface area contributed by atoms with Crippen molar-refractivity contribution in [2.45, 2.75) is 24.3 Å². The first-order valence-corrected chi connectivity index (χ1v) is 12.6. The third kappa shape index (κ3) is 5.82. The molecule has 0 saturated heterocycles. The zero-order valence-corrected chi connectivity index (χ0v) is 20.6. The maximum atomic E-state index is 12.9. The first kappa shape index (κ1) is 23.9. The molecule has 1 atom stereocenters. The molecule has 3 aromatic rings. The van der Waals surface area contributed by atoms with Crippen molar-refractivity contribution in [3.8, 4) is 11.5 Å². The van der Waals surface area contributed by atoms with Gasteiger partial charge in [0.05, 0.1) is 17.2 Å². The third-order valence-corrected chi connectivity index (χ3v) is 7.28. The molecule has 0 fully saturated rings. The van der Waals surface area contributed by atoms with E-state index in [0.717, 1.165) is 10.0 Å². The second-order valence-electron chi connectivity index (χ2n) is 7.62. The van der Waals surface area contributed by atoms with Gasteiger partial charge in [-0.05, 0) is 52.7 Å². The van der Waals surface area contributed by atoms with Gasteiger partial charge in [0.15, 0.2) is 11.5 Å². The number of rotatable bonds is 8. The molecule has 0 unspecified atom stereocenters. The summed E-state index contributed by atoms with van der Waals surface area (Å²) in [5.74, 6) is 0.763. The molecule has 0 aliphatic carbocycles. The van der Waals surface area contributed by atoms with Gasteiger partial charge in [0.2, 0.25) is 22.7 Å². The first-order valence-electron chi connectivity index (χ1n) is 10.4. The average Bonchev–Trinajstić information content (AvgIpc) is 3.26. The van der Waals surface area contributed by atoms with E-state index in [1.807, 2.05) is 13.0 Å². The maximum absolute atomic E-state index is 12.9. The molecular weight excluding hydrogens is 522 g/mol. The highest BCUT2D eigenvalue weighted by Crippen LogP contribution is 2.36. The van der Waals surface area contributed by atoms with Gasteiger partial charge >= 0.3 is 0 Å². The molecule has 10 heteroatoms. The lowest BCUT2D eigenvalue weighted by atomic mass is 10.0. The molecule has 176 valence electrons. The van der Waals surface area contributed by atoms with E-state index in [1.165, 1.54) is 18.3 Å². The van der Waals surface area contributed by atoms with Gasteiger partial charge in [0.1, 0.15) is 0 Å². The third-order valence-electron chi connectivity index (χ3n) is 5.10. The van der Waals surface area contributed by atoms with Crippen molar-refractivity contribution in [3.05, 3.63) is 87.9 Å². The van der Waals surface area contributed by atoms with Crippen LogP contribution in [0.4, 0.5) is 0 Å². The highest BCUT2D eigenvalue weighted by molar-refractivity contribution is 9.10. The zero-order chi connectivity index (χ0) is 24.1. The lowest BCUT2D eigenvalue weighted by molar-refractivity contribution is -0.121. The van der Waals surface area contributed by atoms with Crippen LogP contribution in [0.5, 0.6) is 11.5 Å². The number of nitrogens with one attached hydrogen (secondary N) is 2. The Labute approximate surface area is 206 Å². The summed E-state index contributed by atoms with van der Waals surface area (Å²) >= 11 is 3.43. The van der Waals surface area contributed by atoms with E-state index in [2.05, 4.69) is 31.2 Å². The molecule has 34 heavy (non-hydrogen) atoms. The van der Waals surface area contributed by atoms with E-state index in [9.17, 15) is 13.2 Å². The summed E-state index contributed by atoms with van der Waals surface area (Å²) in [6.07, 6.45) is 1.33. The molecule has 0 bridgehead atoms. The molecule has 1 aliphatic rings. The molecule has 0 spiro atoms. The zero-order valence-electron chi connectivity index (χ0n) is 18.2. The van der Waals surface area contributed by atoms with Crippen LogP contribution >= 0.6 is 15.9 Å². The number of fused-ring (bicyclic) bond motifs is 1. The Morgan fingerprint density at radius 1 is 1.09 bits per heavy atom. The Morgan fingerprint density at radius 2 is 1.76 bits per heavy atom. The molecule has 1 heterocycles. The molecule has 0 aromatic heterocycles. The minimum Gasteiger partial charge on any atom is -0.454 e.